The Balaban J connectivity index is 1.61. The second-order valence-corrected chi connectivity index (χ2v) is 8.06. The first kappa shape index (κ1) is 25.0. The maximum atomic E-state index is 14.7. The van der Waals surface area contributed by atoms with Gasteiger partial charge in [0.05, 0.1) is 19.4 Å². The molecular formula is C21H26F5N3O4. The van der Waals surface area contributed by atoms with Crippen LogP contribution in [0.4, 0.5) is 22.0 Å². The van der Waals surface area contributed by atoms with Crippen LogP contribution in [-0.4, -0.2) is 54.0 Å². The number of hydrogen-bond acceptors (Lipinski definition) is 5. The Bertz CT molecular complexity index is 963. The van der Waals surface area contributed by atoms with Crippen LogP contribution >= 0.6 is 0 Å². The topological polar surface area (TPSA) is 88.6 Å². The molecule has 1 fully saturated rings. The van der Waals surface area contributed by atoms with E-state index in [1.807, 2.05) is 0 Å². The number of carbonyl (C=O) groups excluding carboxylic acids is 1. The van der Waals surface area contributed by atoms with Crippen LogP contribution in [0, 0.1) is 17.6 Å². The third-order valence-electron chi connectivity index (χ3n) is 5.50. The number of benzene rings is 1. The Labute approximate surface area is 187 Å². The summed E-state index contributed by atoms with van der Waals surface area (Å²) >= 11 is 0. The number of carbonyl (C=O) groups is 1. The van der Waals surface area contributed by atoms with Crippen molar-refractivity contribution in [2.75, 3.05) is 19.9 Å². The van der Waals surface area contributed by atoms with Gasteiger partial charge in [-0.1, -0.05) is 0 Å². The van der Waals surface area contributed by atoms with E-state index in [2.05, 4.69) is 9.72 Å². The molecule has 1 amide bonds. The number of imidazole rings is 1. The van der Waals surface area contributed by atoms with Gasteiger partial charge < -0.3 is 19.9 Å². The van der Waals surface area contributed by atoms with Gasteiger partial charge in [0, 0.05) is 25.5 Å². The number of fused-ring (bicyclic) bond motifs is 1. The summed E-state index contributed by atoms with van der Waals surface area (Å²) in [5.74, 6) is -3.71. The van der Waals surface area contributed by atoms with E-state index < -0.39 is 48.9 Å². The number of halogens is 5. The second-order valence-electron chi connectivity index (χ2n) is 8.06. The fourth-order valence-electron chi connectivity index (χ4n) is 3.80. The molecule has 2 aromatic rings. The first-order chi connectivity index (χ1) is 15.7. The van der Waals surface area contributed by atoms with Crippen LogP contribution in [0.15, 0.2) is 6.07 Å². The Morgan fingerprint density at radius 2 is 1.88 bits per heavy atom. The summed E-state index contributed by atoms with van der Waals surface area (Å²) in [7, 11) is 1.43. The molecule has 1 saturated carbocycles. The standard InChI is InChI=1S/C21H26F5N3O4/c1-29-20-18(26)15(32-10-16(24)25)7-14(23)19(20)28-21(29)33-13-4-2-12(3-5-13)31-9-11(8-22)6-17(27)30/h7,11-13,16H,2-6,8-10H2,1H3,(H2,27,30)/t11-,12?,13?/m0/s1. The van der Waals surface area contributed by atoms with Crippen LogP contribution in [0.2, 0.25) is 0 Å². The lowest BCUT2D eigenvalue weighted by molar-refractivity contribution is -0.120. The van der Waals surface area contributed by atoms with Gasteiger partial charge in [0.25, 0.3) is 12.4 Å². The molecule has 1 aromatic heterocycles. The summed E-state index contributed by atoms with van der Waals surface area (Å²) in [5.41, 5.74) is 4.55. The minimum Gasteiger partial charge on any atom is -0.484 e. The predicted molar refractivity (Wildman–Crippen MR) is 108 cm³/mol. The lowest BCUT2D eigenvalue weighted by Crippen LogP contribution is -2.31. The van der Waals surface area contributed by atoms with Crippen molar-refractivity contribution in [2.24, 2.45) is 18.7 Å². The lowest BCUT2D eigenvalue weighted by Gasteiger charge is -2.29. The van der Waals surface area contributed by atoms with E-state index in [0.29, 0.717) is 31.7 Å². The molecule has 0 unspecified atom stereocenters. The molecule has 7 nitrogen and oxygen atoms in total. The van der Waals surface area contributed by atoms with Gasteiger partial charge in [0.15, 0.2) is 17.4 Å². The zero-order valence-electron chi connectivity index (χ0n) is 18.0. The zero-order chi connectivity index (χ0) is 24.1. The SMILES string of the molecule is Cn1c(OC2CCC(OC[C@H](CF)CC(N)=O)CC2)nc2c(F)cc(OCC(F)F)c(F)c21. The van der Waals surface area contributed by atoms with Crippen LogP contribution in [0.3, 0.4) is 0 Å². The second kappa shape index (κ2) is 11.0. The highest BCUT2D eigenvalue weighted by molar-refractivity contribution is 5.80. The Morgan fingerprint density at radius 1 is 1.21 bits per heavy atom. The van der Waals surface area contributed by atoms with Crippen LogP contribution in [-0.2, 0) is 16.6 Å². The minimum atomic E-state index is -2.83. The van der Waals surface area contributed by atoms with Crippen molar-refractivity contribution in [3.8, 4) is 11.8 Å². The fourth-order valence-corrected chi connectivity index (χ4v) is 3.80. The number of hydrogen-bond donors (Lipinski definition) is 1. The third kappa shape index (κ3) is 6.24. The summed E-state index contributed by atoms with van der Waals surface area (Å²) in [4.78, 5) is 15.0. The number of rotatable bonds is 11. The lowest BCUT2D eigenvalue weighted by atomic mass is 9.95. The highest BCUT2D eigenvalue weighted by Crippen LogP contribution is 2.33. The molecule has 1 atom stereocenters. The summed E-state index contributed by atoms with van der Waals surface area (Å²) < 4.78 is 84.3. The van der Waals surface area contributed by atoms with Crippen LogP contribution in [0.5, 0.6) is 11.8 Å². The quantitative estimate of drug-likeness (QED) is 0.497. The van der Waals surface area contributed by atoms with Crippen molar-refractivity contribution in [1.29, 1.82) is 0 Å². The number of primary amides is 1. The van der Waals surface area contributed by atoms with Gasteiger partial charge in [-0.3, -0.25) is 13.8 Å². The maximum Gasteiger partial charge on any atom is 0.297 e. The van der Waals surface area contributed by atoms with Gasteiger partial charge >= 0.3 is 0 Å². The summed E-state index contributed by atoms with van der Waals surface area (Å²) in [6, 6.07) is 0.666. The summed E-state index contributed by atoms with van der Waals surface area (Å²) in [6.07, 6.45) is -0.977. The number of nitrogens with two attached hydrogens (primary N) is 1. The third-order valence-corrected chi connectivity index (χ3v) is 5.50. The van der Waals surface area contributed by atoms with Crippen molar-refractivity contribution in [3.63, 3.8) is 0 Å². The maximum absolute atomic E-state index is 14.7. The first-order valence-electron chi connectivity index (χ1n) is 10.6. The number of ether oxygens (including phenoxy) is 3. The zero-order valence-corrected chi connectivity index (χ0v) is 18.0. The molecule has 1 aliphatic rings. The molecule has 3 rings (SSSR count). The monoisotopic (exact) mass is 479 g/mol. The largest absolute Gasteiger partial charge is 0.484 e. The average Bonchev–Trinajstić information content (AvgIpc) is 3.10. The number of aryl methyl sites for hydroxylation is 1. The predicted octanol–water partition coefficient (Wildman–Crippen LogP) is 3.66. The number of amides is 1. The van der Waals surface area contributed by atoms with Crippen molar-refractivity contribution < 1.29 is 41.0 Å². The molecule has 0 aliphatic heterocycles. The number of alkyl halides is 3. The number of nitrogens with zero attached hydrogens (tertiary/aromatic N) is 2. The van der Waals surface area contributed by atoms with E-state index in [1.54, 1.807) is 0 Å². The highest BCUT2D eigenvalue weighted by Gasteiger charge is 2.27. The van der Waals surface area contributed by atoms with Gasteiger partial charge in [-0.05, 0) is 25.7 Å². The molecule has 184 valence electrons. The molecule has 12 heteroatoms. The average molecular weight is 479 g/mol. The molecular weight excluding hydrogens is 453 g/mol. The molecule has 0 bridgehead atoms. The fraction of sp³-hybridized carbons (Fsp3) is 0.619. The smallest absolute Gasteiger partial charge is 0.297 e. The Morgan fingerprint density at radius 3 is 2.48 bits per heavy atom. The molecule has 0 saturated heterocycles. The van der Waals surface area contributed by atoms with Gasteiger partial charge in [-0.25, -0.2) is 17.6 Å². The van der Waals surface area contributed by atoms with E-state index in [0.717, 1.165) is 0 Å². The van der Waals surface area contributed by atoms with Gasteiger partial charge in [-0.15, -0.1) is 0 Å². The molecule has 1 aromatic carbocycles. The van der Waals surface area contributed by atoms with Gasteiger partial charge in [0.2, 0.25) is 5.91 Å². The highest BCUT2D eigenvalue weighted by atomic mass is 19.3. The van der Waals surface area contributed by atoms with Crippen molar-refractivity contribution in [1.82, 2.24) is 9.55 Å². The molecule has 0 radical (unpaired) electrons. The molecule has 0 spiro atoms. The van der Waals surface area contributed by atoms with Crippen molar-refractivity contribution in [3.05, 3.63) is 17.7 Å². The van der Waals surface area contributed by atoms with Crippen molar-refractivity contribution in [2.45, 2.75) is 50.7 Å². The molecule has 1 heterocycles. The van der Waals surface area contributed by atoms with E-state index in [9.17, 15) is 26.7 Å². The number of aromatic nitrogens is 2. The van der Waals surface area contributed by atoms with E-state index in [1.165, 1.54) is 11.6 Å². The van der Waals surface area contributed by atoms with Crippen LogP contribution < -0.4 is 15.2 Å². The van der Waals surface area contributed by atoms with E-state index >= 15 is 0 Å². The minimum absolute atomic E-state index is 0.0165. The first-order valence-corrected chi connectivity index (χ1v) is 10.6. The van der Waals surface area contributed by atoms with Crippen LogP contribution in [0.1, 0.15) is 32.1 Å². The summed E-state index contributed by atoms with van der Waals surface area (Å²) in [6.45, 7) is -1.67. The Hall–Kier alpha value is -2.63. The van der Waals surface area contributed by atoms with Crippen LogP contribution in [0.25, 0.3) is 11.0 Å². The van der Waals surface area contributed by atoms with Crippen molar-refractivity contribution >= 4 is 16.9 Å². The van der Waals surface area contributed by atoms with E-state index in [-0.39, 0.29) is 42.3 Å². The molecule has 1 aliphatic carbocycles. The van der Waals surface area contributed by atoms with E-state index in [4.69, 9.17) is 15.2 Å². The molecule has 2 N–H and O–H groups in total. The Kier molecular flexibility index (Phi) is 8.33. The summed E-state index contributed by atoms with van der Waals surface area (Å²) in [5, 5.41) is 0. The normalized spacial score (nSPS) is 19.7. The van der Waals surface area contributed by atoms with Gasteiger partial charge in [-0.2, -0.15) is 4.98 Å². The van der Waals surface area contributed by atoms with Gasteiger partial charge in [0.1, 0.15) is 23.7 Å². The molecule has 33 heavy (non-hydrogen) atoms.